The summed E-state index contributed by atoms with van der Waals surface area (Å²) in [7, 11) is -2.21. The maximum atomic E-state index is 12.0. The molecule has 0 heterocycles. The lowest BCUT2D eigenvalue weighted by Gasteiger charge is -2.24. The van der Waals surface area contributed by atoms with Crippen molar-refractivity contribution in [2.45, 2.75) is 13.8 Å². The van der Waals surface area contributed by atoms with E-state index in [-0.39, 0.29) is 6.61 Å². The smallest absolute Gasteiger partial charge is 0.309 e. The number of rotatable bonds is 6. The van der Waals surface area contributed by atoms with Crippen LogP contribution in [0.25, 0.3) is 0 Å². The minimum Gasteiger partial charge on any atom is -0.309 e. The maximum absolute atomic E-state index is 12.0. The van der Waals surface area contributed by atoms with E-state index in [0.29, 0.717) is 5.75 Å². The number of nitrogens with zero attached hydrogens (tertiary/aromatic N) is 1. The Morgan fingerprint density at radius 2 is 1.93 bits per heavy atom. The zero-order valence-corrected chi connectivity index (χ0v) is 11.3. The van der Waals surface area contributed by atoms with E-state index >= 15 is 0 Å². The van der Waals surface area contributed by atoms with Gasteiger partial charge >= 0.3 is 6.72 Å². The Hall–Kier alpha value is 0.450. The van der Waals surface area contributed by atoms with Crippen molar-refractivity contribution >= 4 is 28.1 Å². The van der Waals surface area contributed by atoms with E-state index in [1.165, 1.54) is 7.05 Å². The monoisotopic (exact) mass is 261 g/mol. The molecule has 0 amide bonds. The Balaban J connectivity index is 4.92. The van der Waals surface area contributed by atoms with Crippen molar-refractivity contribution in [2.24, 2.45) is 0 Å². The average molecular weight is 261 g/mol. The van der Waals surface area contributed by atoms with Crippen molar-refractivity contribution in [1.29, 1.82) is 0 Å². The normalized spacial score (nSPS) is 16.9. The molecule has 1 atom stereocenters. The molecule has 0 aliphatic carbocycles. The number of hydrogen-bond donors (Lipinski definition) is 0. The second-order valence-corrected chi connectivity index (χ2v) is 9.58. The summed E-state index contributed by atoms with van der Waals surface area (Å²) < 4.78 is 40.3. The van der Waals surface area contributed by atoms with Gasteiger partial charge in [-0.15, -0.1) is 4.08 Å². The summed E-state index contributed by atoms with van der Waals surface area (Å²) in [5, 5.41) is 0. The molecule has 0 saturated heterocycles. The van der Waals surface area contributed by atoms with Crippen LogP contribution in [0.4, 0.5) is 0 Å². The molecule has 0 N–H and O–H groups in total. The molecule has 0 radical (unpaired) electrons. The molecule has 0 aromatic carbocycles. The van der Waals surface area contributed by atoms with Gasteiger partial charge in [0.25, 0.3) is 0 Å². The molecule has 0 spiro atoms. The summed E-state index contributed by atoms with van der Waals surface area (Å²) in [4.78, 5) is 0. The lowest BCUT2D eigenvalue weighted by Crippen LogP contribution is -2.22. The quantitative estimate of drug-likeness (QED) is 0.682. The average Bonchev–Trinajstić information content (AvgIpc) is 2.02. The minimum absolute atomic E-state index is 0.226. The van der Waals surface area contributed by atoms with Crippen molar-refractivity contribution in [3.8, 4) is 0 Å². The molecule has 1 unspecified atom stereocenters. The Labute approximate surface area is 89.5 Å². The van der Waals surface area contributed by atoms with Crippen LogP contribution in [0.15, 0.2) is 0 Å². The van der Waals surface area contributed by atoms with E-state index in [9.17, 15) is 13.0 Å². The summed E-state index contributed by atoms with van der Waals surface area (Å²) in [5.41, 5.74) is 0. The molecule has 0 aromatic rings. The zero-order chi connectivity index (χ0) is 11.4. The molecule has 0 rings (SSSR count). The third-order valence-corrected chi connectivity index (χ3v) is 8.88. The number of sulfonamides is 1. The highest BCUT2D eigenvalue weighted by molar-refractivity contribution is 8.56. The third kappa shape index (κ3) is 3.90. The SMILES string of the molecule is CCOP(=O)(SCC)N(C)S(C)(=O)=O. The van der Waals surface area contributed by atoms with Crippen molar-refractivity contribution < 1.29 is 17.5 Å². The van der Waals surface area contributed by atoms with Gasteiger partial charge in [-0.25, -0.2) is 8.42 Å². The summed E-state index contributed by atoms with van der Waals surface area (Å²) in [6.45, 7) is 0.434. The highest BCUT2D eigenvalue weighted by Gasteiger charge is 2.35. The first kappa shape index (κ1) is 14.5. The van der Waals surface area contributed by atoms with Crippen LogP contribution in [0.2, 0.25) is 0 Å². The van der Waals surface area contributed by atoms with Crippen molar-refractivity contribution in [2.75, 3.05) is 25.7 Å². The van der Waals surface area contributed by atoms with E-state index in [4.69, 9.17) is 4.52 Å². The van der Waals surface area contributed by atoms with Gasteiger partial charge < -0.3 is 4.52 Å². The fraction of sp³-hybridized carbons (Fsp3) is 1.00. The molecule has 0 saturated carbocycles. The van der Waals surface area contributed by atoms with E-state index < -0.39 is 16.7 Å². The molecule has 0 aliphatic heterocycles. The molecule has 5 nitrogen and oxygen atoms in total. The van der Waals surface area contributed by atoms with Gasteiger partial charge in [0.15, 0.2) is 0 Å². The van der Waals surface area contributed by atoms with Crippen molar-refractivity contribution in [3.05, 3.63) is 0 Å². The van der Waals surface area contributed by atoms with E-state index in [1.54, 1.807) is 13.8 Å². The van der Waals surface area contributed by atoms with E-state index in [0.717, 1.165) is 21.7 Å². The van der Waals surface area contributed by atoms with Gasteiger partial charge in [0.1, 0.15) is 0 Å². The Bertz CT molecular complexity index is 306. The van der Waals surface area contributed by atoms with Crippen LogP contribution >= 0.6 is 18.1 Å². The Morgan fingerprint density at radius 3 is 2.21 bits per heavy atom. The first-order valence-corrected chi connectivity index (χ1v) is 9.13. The van der Waals surface area contributed by atoms with Gasteiger partial charge in [-0.05, 0) is 6.92 Å². The third-order valence-electron chi connectivity index (χ3n) is 1.41. The highest BCUT2D eigenvalue weighted by Crippen LogP contribution is 2.62. The summed E-state index contributed by atoms with van der Waals surface area (Å²) in [6, 6.07) is 0. The lowest BCUT2D eigenvalue weighted by atomic mass is 10.9. The molecule has 0 aliphatic rings. The summed E-state index contributed by atoms with van der Waals surface area (Å²) >= 11 is 1.02. The van der Waals surface area contributed by atoms with Gasteiger partial charge in [0, 0.05) is 12.8 Å². The Kier molecular flexibility index (Phi) is 5.69. The first-order chi connectivity index (χ1) is 6.28. The predicted octanol–water partition coefficient (Wildman–Crippen LogP) is 1.78. The van der Waals surface area contributed by atoms with Crippen LogP contribution in [0.5, 0.6) is 0 Å². The van der Waals surface area contributed by atoms with Gasteiger partial charge in [-0.1, -0.05) is 18.3 Å². The Morgan fingerprint density at radius 1 is 1.43 bits per heavy atom. The molecule has 14 heavy (non-hydrogen) atoms. The minimum atomic E-state index is -3.48. The number of hydrogen-bond acceptors (Lipinski definition) is 5. The van der Waals surface area contributed by atoms with Crippen LogP contribution in [0.3, 0.4) is 0 Å². The molecule has 0 aromatic heterocycles. The second kappa shape index (κ2) is 5.51. The van der Waals surface area contributed by atoms with Crippen LogP contribution < -0.4 is 0 Å². The first-order valence-electron chi connectivity index (χ1n) is 4.11. The topological polar surface area (TPSA) is 63.7 Å². The molecular weight excluding hydrogens is 245 g/mol. The standard InChI is InChI=1S/C6H16NO4PS2/c1-5-11-12(8,13-6-2)7(3)14(4,9)10/h5-6H2,1-4H3. The summed E-state index contributed by atoms with van der Waals surface area (Å²) in [5.74, 6) is 0.539. The van der Waals surface area contributed by atoms with Gasteiger partial charge in [0.2, 0.25) is 10.0 Å². The van der Waals surface area contributed by atoms with Gasteiger partial charge in [-0.3, -0.25) is 4.57 Å². The largest absolute Gasteiger partial charge is 0.342 e. The van der Waals surface area contributed by atoms with Crippen molar-refractivity contribution in [3.63, 3.8) is 0 Å². The van der Waals surface area contributed by atoms with Crippen LogP contribution in [0.1, 0.15) is 13.8 Å². The van der Waals surface area contributed by atoms with Gasteiger partial charge in [0.05, 0.1) is 12.9 Å². The maximum Gasteiger partial charge on any atom is 0.342 e. The van der Waals surface area contributed by atoms with Crippen LogP contribution in [0, 0.1) is 0 Å². The lowest BCUT2D eigenvalue weighted by molar-refractivity contribution is 0.325. The van der Waals surface area contributed by atoms with Crippen molar-refractivity contribution in [1.82, 2.24) is 4.08 Å². The van der Waals surface area contributed by atoms with Gasteiger partial charge in [-0.2, -0.15) is 0 Å². The fourth-order valence-electron chi connectivity index (χ4n) is 0.708. The highest BCUT2D eigenvalue weighted by atomic mass is 32.7. The molecule has 0 bridgehead atoms. The summed E-state index contributed by atoms with van der Waals surface area (Å²) in [6.07, 6.45) is 1.01. The van der Waals surface area contributed by atoms with Crippen LogP contribution in [-0.4, -0.2) is 38.2 Å². The van der Waals surface area contributed by atoms with E-state index in [1.807, 2.05) is 0 Å². The second-order valence-electron chi connectivity index (χ2n) is 2.50. The molecule has 0 fully saturated rings. The van der Waals surface area contributed by atoms with Crippen LogP contribution in [-0.2, 0) is 19.1 Å². The zero-order valence-electron chi connectivity index (χ0n) is 8.76. The fourth-order valence-corrected chi connectivity index (χ4v) is 6.88. The molecule has 86 valence electrons. The molecule has 8 heteroatoms. The van der Waals surface area contributed by atoms with E-state index in [2.05, 4.69) is 0 Å². The predicted molar refractivity (Wildman–Crippen MR) is 60.0 cm³/mol. The molecular formula is C6H16NO4PS2.